The molecule has 0 unspecified atom stereocenters. The summed E-state index contributed by atoms with van der Waals surface area (Å²) in [5.41, 5.74) is 7.48. The maximum absolute atomic E-state index is 5.65. The Bertz CT molecular complexity index is 559. The maximum Gasteiger partial charge on any atom is 0.231 e. The van der Waals surface area contributed by atoms with Crippen molar-refractivity contribution in [1.29, 1.82) is 0 Å². The molecule has 8 heteroatoms. The molecule has 0 spiro atoms. The van der Waals surface area contributed by atoms with Crippen LogP contribution in [0.4, 0.5) is 17.8 Å². The van der Waals surface area contributed by atoms with E-state index in [0.717, 1.165) is 17.0 Å². The molecule has 19 heavy (non-hydrogen) atoms. The van der Waals surface area contributed by atoms with Crippen molar-refractivity contribution in [1.82, 2.24) is 20.1 Å². The molecule has 0 bridgehead atoms. The van der Waals surface area contributed by atoms with Crippen molar-refractivity contribution >= 4 is 17.8 Å². The SMILES string of the molecule is Cc1noc(C)c1CNc1nc(N)nc(N(C)C)n1. The molecule has 0 saturated heterocycles. The summed E-state index contributed by atoms with van der Waals surface area (Å²) in [7, 11) is 3.68. The van der Waals surface area contributed by atoms with E-state index in [2.05, 4.69) is 25.4 Å². The second kappa shape index (κ2) is 5.09. The fourth-order valence-corrected chi connectivity index (χ4v) is 1.58. The summed E-state index contributed by atoms with van der Waals surface area (Å²) in [6.45, 7) is 4.28. The molecule has 0 amide bonds. The molecular weight excluding hydrogens is 246 g/mol. The van der Waals surface area contributed by atoms with Crippen LogP contribution in [0.5, 0.6) is 0 Å². The number of nitrogens with zero attached hydrogens (tertiary/aromatic N) is 5. The number of hydrogen-bond acceptors (Lipinski definition) is 8. The van der Waals surface area contributed by atoms with Crippen molar-refractivity contribution in [3.05, 3.63) is 17.0 Å². The average Bonchev–Trinajstić information content (AvgIpc) is 2.66. The predicted molar refractivity (Wildman–Crippen MR) is 71.9 cm³/mol. The van der Waals surface area contributed by atoms with Gasteiger partial charge in [-0.2, -0.15) is 15.0 Å². The smallest absolute Gasteiger partial charge is 0.231 e. The first-order valence-corrected chi connectivity index (χ1v) is 5.82. The van der Waals surface area contributed by atoms with E-state index in [-0.39, 0.29) is 5.95 Å². The van der Waals surface area contributed by atoms with Crippen LogP contribution < -0.4 is 16.0 Å². The van der Waals surface area contributed by atoms with Gasteiger partial charge in [0.05, 0.1) is 5.69 Å². The van der Waals surface area contributed by atoms with Crippen molar-refractivity contribution in [3.63, 3.8) is 0 Å². The first kappa shape index (κ1) is 13.1. The summed E-state index contributed by atoms with van der Waals surface area (Å²) < 4.78 is 5.09. The number of aryl methyl sites for hydroxylation is 2. The van der Waals surface area contributed by atoms with E-state index in [1.54, 1.807) is 4.90 Å². The van der Waals surface area contributed by atoms with Crippen LogP contribution >= 0.6 is 0 Å². The van der Waals surface area contributed by atoms with E-state index < -0.39 is 0 Å². The molecule has 0 aliphatic rings. The van der Waals surface area contributed by atoms with Crippen LogP contribution in [0.1, 0.15) is 17.0 Å². The van der Waals surface area contributed by atoms with Gasteiger partial charge in [0.1, 0.15) is 5.76 Å². The molecular formula is C11H17N7O. The molecule has 102 valence electrons. The highest BCUT2D eigenvalue weighted by molar-refractivity contribution is 5.41. The highest BCUT2D eigenvalue weighted by Gasteiger charge is 2.10. The Balaban J connectivity index is 2.16. The van der Waals surface area contributed by atoms with E-state index in [9.17, 15) is 0 Å². The van der Waals surface area contributed by atoms with E-state index in [4.69, 9.17) is 10.3 Å². The normalized spacial score (nSPS) is 10.5. The lowest BCUT2D eigenvalue weighted by Gasteiger charge is -2.12. The van der Waals surface area contributed by atoms with Crippen LogP contribution in [0, 0.1) is 13.8 Å². The van der Waals surface area contributed by atoms with E-state index >= 15 is 0 Å². The zero-order valence-corrected chi connectivity index (χ0v) is 11.4. The summed E-state index contributed by atoms with van der Waals surface area (Å²) in [5.74, 6) is 1.89. The minimum Gasteiger partial charge on any atom is -0.368 e. The highest BCUT2D eigenvalue weighted by atomic mass is 16.5. The predicted octanol–water partition coefficient (Wildman–Crippen LogP) is 0.737. The Hall–Kier alpha value is -2.38. The van der Waals surface area contributed by atoms with Gasteiger partial charge in [0, 0.05) is 26.2 Å². The molecule has 0 aromatic carbocycles. The first-order valence-electron chi connectivity index (χ1n) is 5.82. The van der Waals surface area contributed by atoms with E-state index in [0.29, 0.717) is 18.4 Å². The largest absolute Gasteiger partial charge is 0.368 e. The summed E-state index contributed by atoms with van der Waals surface area (Å²) in [5, 5.41) is 6.99. The molecule has 3 N–H and O–H groups in total. The van der Waals surface area contributed by atoms with E-state index in [1.165, 1.54) is 0 Å². The van der Waals surface area contributed by atoms with Gasteiger partial charge in [-0.25, -0.2) is 0 Å². The third kappa shape index (κ3) is 2.90. The zero-order valence-electron chi connectivity index (χ0n) is 11.4. The van der Waals surface area contributed by atoms with Gasteiger partial charge in [-0.05, 0) is 13.8 Å². The molecule has 0 aliphatic heterocycles. The summed E-state index contributed by atoms with van der Waals surface area (Å²) in [6.07, 6.45) is 0. The van der Waals surface area contributed by atoms with E-state index in [1.807, 2.05) is 27.9 Å². The summed E-state index contributed by atoms with van der Waals surface area (Å²) in [6, 6.07) is 0. The third-order valence-corrected chi connectivity index (χ3v) is 2.65. The number of hydrogen-bond donors (Lipinski definition) is 2. The van der Waals surface area contributed by atoms with Gasteiger partial charge in [-0.15, -0.1) is 0 Å². The first-order chi connectivity index (χ1) is 8.97. The minimum absolute atomic E-state index is 0.181. The van der Waals surface area contributed by atoms with Gasteiger partial charge >= 0.3 is 0 Å². The molecule has 0 fully saturated rings. The molecule has 0 aliphatic carbocycles. The number of aromatic nitrogens is 4. The van der Waals surface area contributed by atoms with Crippen LogP contribution in [-0.2, 0) is 6.54 Å². The number of nitrogens with one attached hydrogen (secondary N) is 1. The molecule has 2 aromatic heterocycles. The van der Waals surface area contributed by atoms with Gasteiger partial charge in [0.15, 0.2) is 0 Å². The van der Waals surface area contributed by atoms with Crippen molar-refractivity contribution in [3.8, 4) is 0 Å². The lowest BCUT2D eigenvalue weighted by Crippen LogP contribution is -2.16. The fourth-order valence-electron chi connectivity index (χ4n) is 1.58. The molecule has 0 radical (unpaired) electrons. The Morgan fingerprint density at radius 2 is 1.95 bits per heavy atom. The second-order valence-corrected chi connectivity index (χ2v) is 4.37. The number of nitrogen functional groups attached to an aromatic ring is 1. The van der Waals surface area contributed by atoms with Crippen LogP contribution in [-0.4, -0.2) is 34.2 Å². The molecule has 2 rings (SSSR count). The molecule has 2 aromatic rings. The van der Waals surface area contributed by atoms with Crippen molar-refractivity contribution in [2.24, 2.45) is 0 Å². The minimum atomic E-state index is 0.181. The third-order valence-electron chi connectivity index (χ3n) is 2.65. The lowest BCUT2D eigenvalue weighted by molar-refractivity contribution is 0.392. The molecule has 0 atom stereocenters. The monoisotopic (exact) mass is 263 g/mol. The van der Waals surface area contributed by atoms with Crippen LogP contribution in [0.25, 0.3) is 0 Å². The highest BCUT2D eigenvalue weighted by Crippen LogP contribution is 2.15. The summed E-state index contributed by atoms with van der Waals surface area (Å²) >= 11 is 0. The van der Waals surface area contributed by atoms with Crippen LogP contribution in [0.3, 0.4) is 0 Å². The van der Waals surface area contributed by atoms with Gasteiger partial charge in [-0.3, -0.25) is 0 Å². The number of anilines is 3. The van der Waals surface area contributed by atoms with Crippen molar-refractivity contribution < 1.29 is 4.52 Å². The quantitative estimate of drug-likeness (QED) is 0.831. The van der Waals surface area contributed by atoms with Crippen molar-refractivity contribution in [2.75, 3.05) is 30.0 Å². The van der Waals surface area contributed by atoms with Crippen LogP contribution in [0.2, 0.25) is 0 Å². The lowest BCUT2D eigenvalue weighted by atomic mass is 10.2. The standard InChI is InChI=1S/C11H17N7O/c1-6-8(7(2)19-17-6)5-13-10-14-9(12)15-11(16-10)18(3)4/h5H2,1-4H3,(H3,12,13,14,15,16). The maximum atomic E-state index is 5.65. The summed E-state index contributed by atoms with van der Waals surface area (Å²) in [4.78, 5) is 14.1. The molecule has 2 heterocycles. The van der Waals surface area contributed by atoms with Gasteiger partial charge < -0.3 is 20.5 Å². The topological polar surface area (TPSA) is 106 Å². The van der Waals surface area contributed by atoms with Crippen LogP contribution in [0.15, 0.2) is 4.52 Å². The zero-order chi connectivity index (χ0) is 14.0. The number of rotatable bonds is 4. The van der Waals surface area contributed by atoms with Crippen molar-refractivity contribution in [2.45, 2.75) is 20.4 Å². The fraction of sp³-hybridized carbons (Fsp3) is 0.455. The average molecular weight is 263 g/mol. The second-order valence-electron chi connectivity index (χ2n) is 4.37. The Morgan fingerprint density at radius 1 is 1.21 bits per heavy atom. The number of nitrogens with two attached hydrogens (primary N) is 1. The molecule has 8 nitrogen and oxygen atoms in total. The molecule has 0 saturated carbocycles. The Kier molecular flexibility index (Phi) is 3.50. The van der Waals surface area contributed by atoms with Gasteiger partial charge in [-0.1, -0.05) is 5.16 Å². The van der Waals surface area contributed by atoms with Gasteiger partial charge in [0.25, 0.3) is 0 Å². The Labute approximate surface area is 111 Å². The van der Waals surface area contributed by atoms with Gasteiger partial charge in [0.2, 0.25) is 17.8 Å². The Morgan fingerprint density at radius 3 is 2.53 bits per heavy atom.